The molecule has 0 saturated heterocycles. The van der Waals surface area contributed by atoms with Crippen LogP contribution >= 0.6 is 23.2 Å². The van der Waals surface area contributed by atoms with Crippen LogP contribution < -0.4 is 10.9 Å². The summed E-state index contributed by atoms with van der Waals surface area (Å²) in [7, 11) is 0. The summed E-state index contributed by atoms with van der Waals surface area (Å²) in [5.74, 6) is -0.534. The van der Waals surface area contributed by atoms with Gasteiger partial charge in [-0.05, 0) is 18.1 Å². The second kappa shape index (κ2) is 6.61. The van der Waals surface area contributed by atoms with Crippen LogP contribution in [0.1, 0.15) is 30.6 Å². The molecule has 0 spiro atoms. The molecule has 0 unspecified atom stereocenters. The summed E-state index contributed by atoms with van der Waals surface area (Å²) in [4.78, 5) is 23.1. The van der Waals surface area contributed by atoms with E-state index in [0.717, 1.165) is 0 Å². The first-order valence-corrected chi connectivity index (χ1v) is 6.20. The number of hydrogen-bond donors (Lipinski definition) is 2. The van der Waals surface area contributed by atoms with Crippen LogP contribution in [0.3, 0.4) is 0 Å². The van der Waals surface area contributed by atoms with E-state index in [2.05, 4.69) is 10.9 Å². The first kappa shape index (κ1) is 14.8. The quantitative estimate of drug-likeness (QED) is 0.841. The van der Waals surface area contributed by atoms with Crippen molar-refractivity contribution in [2.45, 2.75) is 20.3 Å². The van der Waals surface area contributed by atoms with Crippen molar-refractivity contribution in [2.75, 3.05) is 0 Å². The van der Waals surface area contributed by atoms with Crippen LogP contribution in [-0.4, -0.2) is 11.8 Å². The summed E-state index contributed by atoms with van der Waals surface area (Å²) in [6, 6.07) is 4.72. The highest BCUT2D eigenvalue weighted by Crippen LogP contribution is 2.25. The number of carbonyl (C=O) groups is 2. The van der Waals surface area contributed by atoms with Crippen LogP contribution in [-0.2, 0) is 4.79 Å². The molecule has 2 N–H and O–H groups in total. The van der Waals surface area contributed by atoms with Gasteiger partial charge in [-0.25, -0.2) is 0 Å². The molecule has 0 fully saturated rings. The number of hydrogen-bond acceptors (Lipinski definition) is 2. The van der Waals surface area contributed by atoms with Gasteiger partial charge in [0.15, 0.2) is 0 Å². The maximum absolute atomic E-state index is 11.7. The average Bonchev–Trinajstić information content (AvgIpc) is 2.29. The van der Waals surface area contributed by atoms with E-state index < -0.39 is 5.91 Å². The molecule has 1 rings (SSSR count). The lowest BCUT2D eigenvalue weighted by atomic mass is 10.1. The minimum Gasteiger partial charge on any atom is -0.273 e. The van der Waals surface area contributed by atoms with E-state index in [1.165, 1.54) is 6.07 Å². The molecule has 18 heavy (non-hydrogen) atoms. The largest absolute Gasteiger partial charge is 0.273 e. The van der Waals surface area contributed by atoms with Crippen LogP contribution in [0.4, 0.5) is 0 Å². The highest BCUT2D eigenvalue weighted by atomic mass is 35.5. The Bertz CT molecular complexity index is 461. The maximum atomic E-state index is 11.7. The van der Waals surface area contributed by atoms with Crippen molar-refractivity contribution < 1.29 is 9.59 Å². The van der Waals surface area contributed by atoms with E-state index in [-0.39, 0.29) is 27.4 Å². The first-order chi connectivity index (χ1) is 8.41. The van der Waals surface area contributed by atoms with Gasteiger partial charge in [-0.3, -0.25) is 20.4 Å². The van der Waals surface area contributed by atoms with Gasteiger partial charge in [0.2, 0.25) is 5.91 Å². The van der Waals surface area contributed by atoms with Crippen LogP contribution in [0.2, 0.25) is 10.0 Å². The molecule has 0 radical (unpaired) electrons. The molecule has 0 heterocycles. The molecular formula is C12H14Cl2N2O2. The topological polar surface area (TPSA) is 58.2 Å². The third-order valence-electron chi connectivity index (χ3n) is 2.11. The average molecular weight is 289 g/mol. The Hall–Kier alpha value is -1.26. The van der Waals surface area contributed by atoms with Gasteiger partial charge in [0.25, 0.3) is 5.91 Å². The monoisotopic (exact) mass is 288 g/mol. The number of rotatable bonds is 3. The van der Waals surface area contributed by atoms with E-state index >= 15 is 0 Å². The van der Waals surface area contributed by atoms with Crippen molar-refractivity contribution >= 4 is 35.0 Å². The normalized spacial score (nSPS) is 10.3. The molecule has 1 aromatic rings. The van der Waals surface area contributed by atoms with Crippen LogP contribution in [0.25, 0.3) is 0 Å². The molecule has 1 aromatic carbocycles. The standard InChI is InChI=1S/C12H14Cl2N2O2/c1-7(2)6-10(17)15-16-12(18)8-4-3-5-9(13)11(8)14/h3-5,7H,6H2,1-2H3,(H,15,17)(H,16,18). The molecule has 0 aliphatic heterocycles. The van der Waals surface area contributed by atoms with Crippen LogP contribution in [0.5, 0.6) is 0 Å². The number of halogens is 2. The third-order valence-corrected chi connectivity index (χ3v) is 2.92. The van der Waals surface area contributed by atoms with Crippen molar-refractivity contribution in [1.29, 1.82) is 0 Å². The Balaban J connectivity index is 2.61. The predicted octanol–water partition coefficient (Wildman–Crippen LogP) is 2.80. The fourth-order valence-corrected chi connectivity index (χ4v) is 1.68. The van der Waals surface area contributed by atoms with Crippen molar-refractivity contribution in [3.63, 3.8) is 0 Å². The Morgan fingerprint density at radius 2 is 1.89 bits per heavy atom. The van der Waals surface area contributed by atoms with E-state index in [1.54, 1.807) is 12.1 Å². The summed E-state index contributed by atoms with van der Waals surface area (Å²) >= 11 is 11.7. The zero-order chi connectivity index (χ0) is 13.7. The lowest BCUT2D eigenvalue weighted by Crippen LogP contribution is -2.42. The second-order valence-corrected chi connectivity index (χ2v) is 4.99. The molecule has 2 amide bonds. The maximum Gasteiger partial charge on any atom is 0.271 e. The minimum atomic E-state index is -0.500. The summed E-state index contributed by atoms with van der Waals surface area (Å²) in [6.45, 7) is 3.82. The molecule has 0 saturated carbocycles. The summed E-state index contributed by atoms with van der Waals surface area (Å²) in [5, 5.41) is 0.451. The molecule has 4 nitrogen and oxygen atoms in total. The van der Waals surface area contributed by atoms with Gasteiger partial charge >= 0.3 is 0 Å². The molecule has 0 aromatic heterocycles. The Labute approximate surface area is 116 Å². The predicted molar refractivity (Wildman–Crippen MR) is 71.5 cm³/mol. The minimum absolute atomic E-state index is 0.162. The summed E-state index contributed by atoms with van der Waals surface area (Å²) in [5.41, 5.74) is 4.83. The first-order valence-electron chi connectivity index (χ1n) is 5.45. The van der Waals surface area contributed by atoms with Gasteiger partial charge in [-0.1, -0.05) is 43.1 Å². The van der Waals surface area contributed by atoms with Gasteiger partial charge in [0.1, 0.15) is 0 Å². The number of benzene rings is 1. The molecule has 0 atom stereocenters. The van der Waals surface area contributed by atoms with Crippen molar-refractivity contribution in [3.8, 4) is 0 Å². The van der Waals surface area contributed by atoms with Crippen molar-refractivity contribution in [1.82, 2.24) is 10.9 Å². The Morgan fingerprint density at radius 1 is 1.22 bits per heavy atom. The van der Waals surface area contributed by atoms with Gasteiger partial charge in [0, 0.05) is 6.42 Å². The van der Waals surface area contributed by atoms with Crippen LogP contribution in [0, 0.1) is 5.92 Å². The van der Waals surface area contributed by atoms with E-state index in [0.29, 0.717) is 6.42 Å². The van der Waals surface area contributed by atoms with E-state index in [9.17, 15) is 9.59 Å². The third kappa shape index (κ3) is 4.20. The molecule has 6 heteroatoms. The van der Waals surface area contributed by atoms with E-state index in [1.807, 2.05) is 13.8 Å². The number of amides is 2. The zero-order valence-electron chi connectivity index (χ0n) is 10.1. The number of nitrogens with one attached hydrogen (secondary N) is 2. The lowest BCUT2D eigenvalue weighted by molar-refractivity contribution is -0.122. The molecule has 0 bridgehead atoms. The smallest absolute Gasteiger partial charge is 0.271 e. The van der Waals surface area contributed by atoms with Crippen molar-refractivity contribution in [2.24, 2.45) is 5.92 Å². The fourth-order valence-electron chi connectivity index (χ4n) is 1.29. The summed E-state index contributed by atoms with van der Waals surface area (Å²) in [6.07, 6.45) is 0.337. The van der Waals surface area contributed by atoms with Crippen molar-refractivity contribution in [3.05, 3.63) is 33.8 Å². The van der Waals surface area contributed by atoms with Gasteiger partial charge in [-0.2, -0.15) is 0 Å². The SMILES string of the molecule is CC(C)CC(=O)NNC(=O)c1cccc(Cl)c1Cl. The zero-order valence-corrected chi connectivity index (χ0v) is 11.6. The molecular weight excluding hydrogens is 275 g/mol. The highest BCUT2D eigenvalue weighted by Gasteiger charge is 2.13. The van der Waals surface area contributed by atoms with Crippen LogP contribution in [0.15, 0.2) is 18.2 Å². The lowest BCUT2D eigenvalue weighted by Gasteiger charge is -2.10. The van der Waals surface area contributed by atoms with Gasteiger partial charge in [-0.15, -0.1) is 0 Å². The molecule has 0 aliphatic carbocycles. The van der Waals surface area contributed by atoms with Gasteiger partial charge < -0.3 is 0 Å². The van der Waals surface area contributed by atoms with Gasteiger partial charge in [0.05, 0.1) is 15.6 Å². The molecule has 98 valence electrons. The Kier molecular flexibility index (Phi) is 5.44. The van der Waals surface area contributed by atoms with E-state index in [4.69, 9.17) is 23.2 Å². The number of hydrazine groups is 1. The Morgan fingerprint density at radius 3 is 2.50 bits per heavy atom. The second-order valence-electron chi connectivity index (χ2n) is 4.20. The number of carbonyl (C=O) groups excluding carboxylic acids is 2. The fraction of sp³-hybridized carbons (Fsp3) is 0.333. The summed E-state index contributed by atoms with van der Waals surface area (Å²) < 4.78 is 0. The highest BCUT2D eigenvalue weighted by molar-refractivity contribution is 6.43. The molecule has 0 aliphatic rings.